The van der Waals surface area contributed by atoms with Crippen LogP contribution in [-0.4, -0.2) is 33.5 Å². The molecular weight excluding hydrogens is 390 g/mol. The standard InChI is InChI=1S/C21H23N3O2S2/c1-14-6-5-7-18-21(14)24(11-10-23(18)4)28(25,26)20-9-8-17(12-15(20)2)19-13-22-16(3)27-19/h5-9,12-13H,10-11H2,1-4H3. The highest BCUT2D eigenvalue weighted by Crippen LogP contribution is 2.39. The van der Waals surface area contributed by atoms with E-state index in [0.717, 1.165) is 37.9 Å². The van der Waals surface area contributed by atoms with Crippen molar-refractivity contribution >= 4 is 32.7 Å². The smallest absolute Gasteiger partial charge is 0.264 e. The quantitative estimate of drug-likeness (QED) is 0.639. The van der Waals surface area contributed by atoms with Crippen LogP contribution in [0, 0.1) is 20.8 Å². The molecule has 2 heterocycles. The minimum absolute atomic E-state index is 0.358. The summed E-state index contributed by atoms with van der Waals surface area (Å²) in [4.78, 5) is 7.81. The first-order valence-electron chi connectivity index (χ1n) is 9.16. The number of benzene rings is 2. The molecule has 0 fully saturated rings. The molecule has 0 bridgehead atoms. The highest BCUT2D eigenvalue weighted by molar-refractivity contribution is 7.93. The fourth-order valence-corrected chi connectivity index (χ4v) is 6.21. The van der Waals surface area contributed by atoms with Crippen molar-refractivity contribution in [3.8, 4) is 10.4 Å². The summed E-state index contributed by atoms with van der Waals surface area (Å²) in [6, 6.07) is 11.5. The molecule has 0 radical (unpaired) electrons. The van der Waals surface area contributed by atoms with Gasteiger partial charge in [-0.3, -0.25) is 4.31 Å². The number of hydrogen-bond donors (Lipinski definition) is 0. The fraction of sp³-hybridized carbons (Fsp3) is 0.286. The van der Waals surface area contributed by atoms with Crippen LogP contribution < -0.4 is 9.21 Å². The van der Waals surface area contributed by atoms with Crippen molar-refractivity contribution in [1.29, 1.82) is 0 Å². The summed E-state index contributed by atoms with van der Waals surface area (Å²) >= 11 is 1.61. The van der Waals surface area contributed by atoms with Crippen LogP contribution in [0.2, 0.25) is 0 Å². The minimum Gasteiger partial charge on any atom is -0.371 e. The van der Waals surface area contributed by atoms with E-state index >= 15 is 0 Å². The molecule has 0 amide bonds. The van der Waals surface area contributed by atoms with Gasteiger partial charge in [0.1, 0.15) is 0 Å². The van der Waals surface area contributed by atoms with Crippen LogP contribution >= 0.6 is 11.3 Å². The Morgan fingerprint density at radius 2 is 1.82 bits per heavy atom. The number of hydrogen-bond acceptors (Lipinski definition) is 5. The lowest BCUT2D eigenvalue weighted by molar-refractivity contribution is 0.588. The Morgan fingerprint density at radius 3 is 2.50 bits per heavy atom. The average molecular weight is 414 g/mol. The van der Waals surface area contributed by atoms with Crippen molar-refractivity contribution in [2.75, 3.05) is 29.3 Å². The molecule has 0 N–H and O–H groups in total. The zero-order valence-electron chi connectivity index (χ0n) is 16.4. The van der Waals surface area contributed by atoms with E-state index in [9.17, 15) is 8.42 Å². The van der Waals surface area contributed by atoms with Crippen LogP contribution in [0.1, 0.15) is 16.1 Å². The maximum absolute atomic E-state index is 13.6. The van der Waals surface area contributed by atoms with Gasteiger partial charge in [0.25, 0.3) is 10.0 Å². The largest absolute Gasteiger partial charge is 0.371 e. The van der Waals surface area contributed by atoms with E-state index < -0.39 is 10.0 Å². The van der Waals surface area contributed by atoms with E-state index in [1.807, 2.05) is 64.3 Å². The molecule has 0 aliphatic carbocycles. The van der Waals surface area contributed by atoms with Crippen molar-refractivity contribution in [2.24, 2.45) is 0 Å². The average Bonchev–Trinajstić information content (AvgIpc) is 3.08. The van der Waals surface area contributed by atoms with Crippen LogP contribution in [0.4, 0.5) is 11.4 Å². The molecule has 0 unspecified atom stereocenters. The van der Waals surface area contributed by atoms with Gasteiger partial charge in [0.05, 0.1) is 32.7 Å². The second kappa shape index (κ2) is 6.90. The SMILES string of the molecule is Cc1ncc(-c2ccc(S(=O)(=O)N3CCN(C)c4cccc(C)c43)c(C)c2)s1. The molecule has 7 heteroatoms. The number of nitrogens with zero attached hydrogens (tertiary/aromatic N) is 3. The molecule has 146 valence electrons. The Kier molecular flexibility index (Phi) is 4.67. The summed E-state index contributed by atoms with van der Waals surface area (Å²) < 4.78 is 28.7. The van der Waals surface area contributed by atoms with E-state index in [1.54, 1.807) is 21.7 Å². The van der Waals surface area contributed by atoms with Crippen molar-refractivity contribution in [3.05, 3.63) is 58.7 Å². The number of thiazole rings is 1. The van der Waals surface area contributed by atoms with Crippen LogP contribution in [0.3, 0.4) is 0 Å². The number of likely N-dealkylation sites (N-methyl/N-ethyl adjacent to an activating group) is 1. The highest BCUT2D eigenvalue weighted by atomic mass is 32.2. The van der Waals surface area contributed by atoms with E-state index in [0.29, 0.717) is 18.0 Å². The number of rotatable bonds is 3. The van der Waals surface area contributed by atoms with Crippen molar-refractivity contribution in [2.45, 2.75) is 25.7 Å². The summed E-state index contributed by atoms with van der Waals surface area (Å²) in [6.07, 6.45) is 1.84. The maximum atomic E-state index is 13.6. The molecular formula is C21H23N3O2S2. The normalized spacial score (nSPS) is 14.3. The number of fused-ring (bicyclic) bond motifs is 1. The van der Waals surface area contributed by atoms with Gasteiger partial charge < -0.3 is 4.90 Å². The van der Waals surface area contributed by atoms with E-state index in [4.69, 9.17) is 0 Å². The zero-order chi connectivity index (χ0) is 20.1. The Balaban J connectivity index is 1.79. The minimum atomic E-state index is -3.65. The van der Waals surface area contributed by atoms with Gasteiger partial charge in [-0.25, -0.2) is 13.4 Å². The Labute approximate surface area is 170 Å². The van der Waals surface area contributed by atoms with Gasteiger partial charge >= 0.3 is 0 Å². The zero-order valence-corrected chi connectivity index (χ0v) is 18.1. The van der Waals surface area contributed by atoms with Gasteiger partial charge in [-0.15, -0.1) is 11.3 Å². The fourth-order valence-electron chi connectivity index (χ4n) is 3.70. The van der Waals surface area contributed by atoms with Crippen LogP contribution in [-0.2, 0) is 10.0 Å². The molecule has 0 atom stereocenters. The van der Waals surface area contributed by atoms with Crippen molar-refractivity contribution in [1.82, 2.24) is 4.98 Å². The van der Waals surface area contributed by atoms with E-state index in [2.05, 4.69) is 9.88 Å². The first-order valence-corrected chi connectivity index (χ1v) is 11.4. The molecule has 4 rings (SSSR count). The third-order valence-electron chi connectivity index (χ3n) is 5.16. The van der Waals surface area contributed by atoms with Crippen molar-refractivity contribution in [3.63, 3.8) is 0 Å². The topological polar surface area (TPSA) is 53.5 Å². The molecule has 28 heavy (non-hydrogen) atoms. The van der Waals surface area contributed by atoms with Gasteiger partial charge in [0, 0.05) is 19.8 Å². The van der Waals surface area contributed by atoms with Gasteiger partial charge in [-0.2, -0.15) is 0 Å². The summed E-state index contributed by atoms with van der Waals surface area (Å²) in [5, 5.41) is 0.994. The number of sulfonamides is 1. The second-order valence-corrected chi connectivity index (χ2v) is 10.2. The number of aryl methyl sites for hydroxylation is 3. The molecule has 0 saturated heterocycles. The highest BCUT2D eigenvalue weighted by Gasteiger charge is 2.33. The first-order chi connectivity index (χ1) is 13.3. The van der Waals surface area contributed by atoms with E-state index in [1.165, 1.54) is 0 Å². The third kappa shape index (κ3) is 3.08. The van der Waals surface area contributed by atoms with Crippen LogP contribution in [0.15, 0.2) is 47.5 Å². The molecule has 5 nitrogen and oxygen atoms in total. The maximum Gasteiger partial charge on any atom is 0.264 e. The molecule has 2 aromatic carbocycles. The van der Waals surface area contributed by atoms with Crippen molar-refractivity contribution < 1.29 is 8.42 Å². The van der Waals surface area contributed by atoms with Gasteiger partial charge in [0.15, 0.2) is 0 Å². The second-order valence-electron chi connectivity index (χ2n) is 7.17. The molecule has 1 aliphatic heterocycles. The number of aromatic nitrogens is 1. The Morgan fingerprint density at radius 1 is 1.04 bits per heavy atom. The predicted molar refractivity (Wildman–Crippen MR) is 116 cm³/mol. The van der Waals surface area contributed by atoms with Gasteiger partial charge in [-0.1, -0.05) is 18.2 Å². The lowest BCUT2D eigenvalue weighted by Gasteiger charge is -2.37. The van der Waals surface area contributed by atoms with Gasteiger partial charge in [-0.05, 0) is 55.7 Å². The predicted octanol–water partition coefficient (Wildman–Crippen LogP) is 4.38. The summed E-state index contributed by atoms with van der Waals surface area (Å²) in [5.74, 6) is 0. The molecule has 0 spiro atoms. The first kappa shape index (κ1) is 19.0. The van der Waals surface area contributed by atoms with Gasteiger partial charge in [0.2, 0.25) is 0 Å². The summed E-state index contributed by atoms with van der Waals surface area (Å²) in [7, 11) is -1.65. The molecule has 3 aromatic rings. The molecule has 1 aromatic heterocycles. The van der Waals surface area contributed by atoms with Crippen LogP contribution in [0.5, 0.6) is 0 Å². The Bertz CT molecular complexity index is 1150. The van der Waals surface area contributed by atoms with Crippen LogP contribution in [0.25, 0.3) is 10.4 Å². The monoisotopic (exact) mass is 413 g/mol. The number of anilines is 2. The molecule has 1 aliphatic rings. The summed E-state index contributed by atoms with van der Waals surface area (Å²) in [5.41, 5.74) is 4.43. The third-order valence-corrected chi connectivity index (χ3v) is 8.09. The lowest BCUT2D eigenvalue weighted by Crippen LogP contribution is -2.43. The lowest BCUT2D eigenvalue weighted by atomic mass is 10.1. The van der Waals surface area contributed by atoms with E-state index in [-0.39, 0.29) is 0 Å². The Hall–Kier alpha value is -2.38. The molecule has 0 saturated carbocycles. The summed E-state index contributed by atoms with van der Waals surface area (Å²) in [6.45, 7) is 6.88. The number of para-hydroxylation sites is 1.